The molecule has 1 N–H and O–H groups in total. The van der Waals surface area contributed by atoms with Crippen LogP contribution in [0.25, 0.3) is 10.8 Å². The third kappa shape index (κ3) is 4.57. The van der Waals surface area contributed by atoms with Crippen LogP contribution in [0, 0.1) is 11.8 Å². The van der Waals surface area contributed by atoms with Crippen molar-refractivity contribution in [1.29, 1.82) is 0 Å². The van der Waals surface area contributed by atoms with Gasteiger partial charge in [0.05, 0.1) is 0 Å². The number of anilines is 1. The smallest absolute Gasteiger partial charge is 0.313 e. The van der Waals surface area contributed by atoms with Crippen molar-refractivity contribution in [3.8, 4) is 0 Å². The molecule has 4 nitrogen and oxygen atoms in total. The fourth-order valence-corrected chi connectivity index (χ4v) is 2.78. The SMILES string of the molecule is CC(C)CN(CC(C)C)C(=O)C(=O)Nc1cccc2ccccc12. The summed E-state index contributed by atoms with van der Waals surface area (Å²) in [5.41, 5.74) is 0.667. The van der Waals surface area contributed by atoms with Crippen LogP contribution >= 0.6 is 0 Å². The van der Waals surface area contributed by atoms with Gasteiger partial charge in [-0.3, -0.25) is 9.59 Å². The van der Waals surface area contributed by atoms with E-state index < -0.39 is 11.8 Å². The minimum atomic E-state index is -0.576. The number of benzene rings is 2. The first-order valence-electron chi connectivity index (χ1n) is 8.46. The van der Waals surface area contributed by atoms with Gasteiger partial charge in [-0.15, -0.1) is 0 Å². The van der Waals surface area contributed by atoms with Gasteiger partial charge < -0.3 is 10.2 Å². The number of nitrogens with one attached hydrogen (secondary N) is 1. The van der Waals surface area contributed by atoms with Gasteiger partial charge in [-0.2, -0.15) is 0 Å². The lowest BCUT2D eigenvalue weighted by Gasteiger charge is -2.25. The molecule has 0 fully saturated rings. The topological polar surface area (TPSA) is 49.4 Å². The number of rotatable bonds is 5. The number of nitrogens with zero attached hydrogens (tertiary/aromatic N) is 1. The first-order chi connectivity index (χ1) is 11.4. The lowest BCUT2D eigenvalue weighted by Crippen LogP contribution is -2.43. The van der Waals surface area contributed by atoms with Crippen LogP contribution in [0.1, 0.15) is 27.7 Å². The Morgan fingerprint density at radius 3 is 2.12 bits per heavy atom. The van der Waals surface area contributed by atoms with Crippen LogP contribution in [0.4, 0.5) is 5.69 Å². The maximum Gasteiger partial charge on any atom is 0.313 e. The van der Waals surface area contributed by atoms with Gasteiger partial charge in [0.15, 0.2) is 0 Å². The predicted molar refractivity (Wildman–Crippen MR) is 98.8 cm³/mol. The summed E-state index contributed by atoms with van der Waals surface area (Å²) in [4.78, 5) is 26.7. The van der Waals surface area contributed by atoms with Crippen molar-refractivity contribution < 1.29 is 9.59 Å². The molecule has 0 unspecified atom stereocenters. The number of amides is 2. The predicted octanol–water partition coefficient (Wildman–Crippen LogP) is 3.92. The Hall–Kier alpha value is -2.36. The van der Waals surface area contributed by atoms with E-state index in [1.807, 2.05) is 70.2 Å². The lowest BCUT2D eigenvalue weighted by molar-refractivity contribution is -0.143. The van der Waals surface area contributed by atoms with Crippen LogP contribution in [-0.4, -0.2) is 29.8 Å². The van der Waals surface area contributed by atoms with Gasteiger partial charge in [-0.25, -0.2) is 0 Å². The molecule has 0 radical (unpaired) electrons. The third-order valence-corrected chi connectivity index (χ3v) is 3.69. The number of carbonyl (C=O) groups is 2. The largest absolute Gasteiger partial charge is 0.334 e. The Morgan fingerprint density at radius 1 is 0.917 bits per heavy atom. The second kappa shape index (κ2) is 7.95. The lowest BCUT2D eigenvalue weighted by atomic mass is 10.1. The summed E-state index contributed by atoms with van der Waals surface area (Å²) in [5.74, 6) is -0.408. The fraction of sp³-hybridized carbons (Fsp3) is 0.400. The zero-order chi connectivity index (χ0) is 17.7. The van der Waals surface area contributed by atoms with E-state index in [4.69, 9.17) is 0 Å². The molecule has 0 aliphatic carbocycles. The van der Waals surface area contributed by atoms with Gasteiger partial charge in [0, 0.05) is 24.2 Å². The van der Waals surface area contributed by atoms with Crippen LogP contribution in [-0.2, 0) is 9.59 Å². The molecule has 24 heavy (non-hydrogen) atoms. The second-order valence-corrected chi connectivity index (χ2v) is 6.98. The number of carbonyl (C=O) groups excluding carboxylic acids is 2. The molecule has 0 aliphatic heterocycles. The molecule has 2 aromatic carbocycles. The summed E-state index contributed by atoms with van der Waals surface area (Å²) in [6.45, 7) is 9.35. The molecule has 0 atom stereocenters. The van der Waals surface area contributed by atoms with Gasteiger partial charge in [0.2, 0.25) is 0 Å². The second-order valence-electron chi connectivity index (χ2n) is 6.98. The summed E-state index contributed by atoms with van der Waals surface area (Å²) in [5, 5.41) is 4.74. The van der Waals surface area contributed by atoms with Gasteiger partial charge in [0.25, 0.3) is 0 Å². The number of hydrogen-bond acceptors (Lipinski definition) is 2. The van der Waals surface area contributed by atoms with Crippen LogP contribution in [0.5, 0.6) is 0 Å². The molecule has 2 rings (SSSR count). The van der Waals surface area contributed by atoms with E-state index in [0.717, 1.165) is 10.8 Å². The van der Waals surface area contributed by atoms with Crippen LogP contribution < -0.4 is 5.32 Å². The van der Waals surface area contributed by atoms with E-state index in [0.29, 0.717) is 30.6 Å². The van der Waals surface area contributed by atoms with E-state index in [2.05, 4.69) is 5.32 Å². The Bertz CT molecular complexity index is 707. The van der Waals surface area contributed by atoms with Gasteiger partial charge in [-0.05, 0) is 23.3 Å². The van der Waals surface area contributed by atoms with E-state index in [1.54, 1.807) is 4.90 Å². The minimum absolute atomic E-state index is 0.318. The standard InChI is InChI=1S/C20H26N2O2/c1-14(2)12-22(13-15(3)4)20(24)19(23)21-18-11-7-9-16-8-5-6-10-17(16)18/h5-11,14-15H,12-13H2,1-4H3,(H,21,23). The molecule has 2 aromatic rings. The highest BCUT2D eigenvalue weighted by atomic mass is 16.2. The highest BCUT2D eigenvalue weighted by Gasteiger charge is 2.23. The first kappa shape index (κ1) is 18.0. The maximum absolute atomic E-state index is 12.6. The molecule has 4 heteroatoms. The van der Waals surface area contributed by atoms with Crippen LogP contribution in [0.3, 0.4) is 0 Å². The van der Waals surface area contributed by atoms with Crippen LogP contribution in [0.2, 0.25) is 0 Å². The minimum Gasteiger partial charge on any atom is -0.334 e. The third-order valence-electron chi connectivity index (χ3n) is 3.69. The monoisotopic (exact) mass is 326 g/mol. The molecule has 128 valence electrons. The van der Waals surface area contributed by atoms with Crippen LogP contribution in [0.15, 0.2) is 42.5 Å². The fourth-order valence-electron chi connectivity index (χ4n) is 2.78. The van der Waals surface area contributed by atoms with Crippen molar-refractivity contribution in [2.75, 3.05) is 18.4 Å². The zero-order valence-corrected chi connectivity index (χ0v) is 14.9. The molecular formula is C20H26N2O2. The summed E-state index contributed by atoms with van der Waals surface area (Å²) < 4.78 is 0. The highest BCUT2D eigenvalue weighted by Crippen LogP contribution is 2.23. The molecule has 0 saturated heterocycles. The van der Waals surface area contributed by atoms with Crippen molar-refractivity contribution in [2.45, 2.75) is 27.7 Å². The Balaban J connectivity index is 2.18. The number of fused-ring (bicyclic) bond motifs is 1. The van der Waals surface area contributed by atoms with Gasteiger partial charge >= 0.3 is 11.8 Å². The normalized spacial score (nSPS) is 11.1. The first-order valence-corrected chi connectivity index (χ1v) is 8.46. The van der Waals surface area contributed by atoms with Gasteiger partial charge in [0.1, 0.15) is 0 Å². The van der Waals surface area contributed by atoms with Crippen molar-refractivity contribution in [1.82, 2.24) is 4.90 Å². The Morgan fingerprint density at radius 2 is 1.50 bits per heavy atom. The zero-order valence-electron chi connectivity index (χ0n) is 14.9. The molecular weight excluding hydrogens is 300 g/mol. The molecule has 0 bridgehead atoms. The molecule has 0 heterocycles. The summed E-state index contributed by atoms with van der Waals surface area (Å²) >= 11 is 0. The maximum atomic E-state index is 12.6. The quantitative estimate of drug-likeness (QED) is 0.847. The van der Waals surface area contributed by atoms with Crippen molar-refractivity contribution >= 4 is 28.3 Å². The average molecular weight is 326 g/mol. The number of hydrogen-bond donors (Lipinski definition) is 1. The van der Waals surface area contributed by atoms with Gasteiger partial charge in [-0.1, -0.05) is 64.1 Å². The molecule has 0 spiro atoms. The van der Waals surface area contributed by atoms with E-state index in [-0.39, 0.29) is 0 Å². The van der Waals surface area contributed by atoms with Crippen molar-refractivity contribution in [2.24, 2.45) is 11.8 Å². The van der Waals surface area contributed by atoms with Crippen molar-refractivity contribution in [3.05, 3.63) is 42.5 Å². The Labute approximate surface area is 143 Å². The van der Waals surface area contributed by atoms with E-state index in [1.165, 1.54) is 0 Å². The molecule has 0 aliphatic rings. The van der Waals surface area contributed by atoms with E-state index >= 15 is 0 Å². The molecule has 2 amide bonds. The molecule has 0 saturated carbocycles. The highest BCUT2D eigenvalue weighted by molar-refractivity contribution is 6.40. The Kier molecular flexibility index (Phi) is 5.96. The molecule has 0 aromatic heterocycles. The summed E-state index contributed by atoms with van der Waals surface area (Å²) in [6, 6.07) is 13.5. The summed E-state index contributed by atoms with van der Waals surface area (Å²) in [7, 11) is 0. The van der Waals surface area contributed by atoms with Crippen molar-refractivity contribution in [3.63, 3.8) is 0 Å². The summed E-state index contributed by atoms with van der Waals surface area (Å²) in [6.07, 6.45) is 0. The van der Waals surface area contributed by atoms with E-state index in [9.17, 15) is 9.59 Å². The average Bonchev–Trinajstić information content (AvgIpc) is 2.53.